The predicted molar refractivity (Wildman–Crippen MR) is 110 cm³/mol. The minimum atomic E-state index is -0.536. The first-order valence-electron chi connectivity index (χ1n) is 9.89. The Bertz CT molecular complexity index is 1020. The van der Waals surface area contributed by atoms with Gasteiger partial charge in [-0.05, 0) is 39.8 Å². The summed E-state index contributed by atoms with van der Waals surface area (Å²) in [7, 11) is 0. The van der Waals surface area contributed by atoms with Gasteiger partial charge in [0.1, 0.15) is 11.6 Å². The molecule has 0 aliphatic carbocycles. The Balaban J connectivity index is 1.86. The maximum absolute atomic E-state index is 13.9. The number of carbonyl (C=O) groups excluding carboxylic acids is 1. The van der Waals surface area contributed by atoms with E-state index in [4.69, 9.17) is 0 Å². The highest BCUT2D eigenvalue weighted by Crippen LogP contribution is 2.19. The van der Waals surface area contributed by atoms with Crippen LogP contribution in [0.25, 0.3) is 0 Å². The zero-order valence-electron chi connectivity index (χ0n) is 17.3. The van der Waals surface area contributed by atoms with Crippen molar-refractivity contribution in [3.05, 3.63) is 62.6 Å². The van der Waals surface area contributed by atoms with E-state index in [1.165, 1.54) is 22.8 Å². The first-order valence-corrected chi connectivity index (χ1v) is 9.89. The number of anilines is 1. The van der Waals surface area contributed by atoms with Gasteiger partial charge in [0.2, 0.25) is 0 Å². The average Bonchev–Trinajstić information content (AvgIpc) is 2.67. The lowest BCUT2D eigenvalue weighted by atomic mass is 10.1. The topological polar surface area (TPSA) is 67.5 Å². The summed E-state index contributed by atoms with van der Waals surface area (Å²) < 4.78 is 16.8. The van der Waals surface area contributed by atoms with Gasteiger partial charge in [-0.2, -0.15) is 0 Å². The van der Waals surface area contributed by atoms with Gasteiger partial charge in [0, 0.05) is 44.3 Å². The van der Waals surface area contributed by atoms with E-state index in [0.717, 1.165) is 0 Å². The van der Waals surface area contributed by atoms with E-state index in [1.54, 1.807) is 35.4 Å². The molecular formula is C21H27FN4O3. The molecule has 156 valence electrons. The molecule has 0 N–H and O–H groups in total. The third-order valence-corrected chi connectivity index (χ3v) is 5.18. The highest BCUT2D eigenvalue weighted by atomic mass is 19.1. The molecule has 2 aromatic rings. The van der Waals surface area contributed by atoms with E-state index >= 15 is 0 Å². The third-order valence-electron chi connectivity index (χ3n) is 5.18. The van der Waals surface area contributed by atoms with Gasteiger partial charge in [-0.25, -0.2) is 9.18 Å². The monoisotopic (exact) mass is 402 g/mol. The number of aromatic nitrogens is 2. The molecular weight excluding hydrogens is 375 g/mol. The highest BCUT2D eigenvalue weighted by Gasteiger charge is 2.27. The molecule has 0 radical (unpaired) electrons. The molecule has 2 heterocycles. The first-order chi connectivity index (χ1) is 13.7. The van der Waals surface area contributed by atoms with Crippen LogP contribution >= 0.6 is 0 Å². The molecule has 1 aromatic heterocycles. The second-order valence-corrected chi connectivity index (χ2v) is 7.81. The number of hydrogen-bond acceptors (Lipinski definition) is 4. The lowest BCUT2D eigenvalue weighted by Gasteiger charge is -2.37. The number of hydrogen-bond donors (Lipinski definition) is 0. The van der Waals surface area contributed by atoms with Crippen LogP contribution in [0.15, 0.2) is 39.9 Å². The van der Waals surface area contributed by atoms with Gasteiger partial charge in [-0.1, -0.05) is 12.1 Å². The Morgan fingerprint density at radius 1 is 0.931 bits per heavy atom. The third kappa shape index (κ3) is 3.97. The van der Waals surface area contributed by atoms with Gasteiger partial charge in [0.05, 0.1) is 5.56 Å². The molecule has 0 atom stereocenters. The van der Waals surface area contributed by atoms with E-state index in [0.29, 0.717) is 32.0 Å². The Kier molecular flexibility index (Phi) is 5.91. The van der Waals surface area contributed by atoms with Crippen LogP contribution in [-0.4, -0.2) is 46.1 Å². The summed E-state index contributed by atoms with van der Waals surface area (Å²) in [6.07, 6.45) is 0. The summed E-state index contributed by atoms with van der Waals surface area (Å²) in [6.45, 7) is 9.09. The van der Waals surface area contributed by atoms with Crippen LogP contribution in [0.1, 0.15) is 50.1 Å². The molecule has 7 nitrogen and oxygen atoms in total. The summed E-state index contributed by atoms with van der Waals surface area (Å²) in [5.74, 6) is -0.324. The molecule has 0 bridgehead atoms. The van der Waals surface area contributed by atoms with Crippen molar-refractivity contribution in [2.24, 2.45) is 0 Å². The largest absolute Gasteiger partial charge is 0.354 e. The lowest BCUT2D eigenvalue weighted by Crippen LogP contribution is -2.51. The Morgan fingerprint density at radius 2 is 1.52 bits per heavy atom. The maximum atomic E-state index is 13.9. The zero-order valence-corrected chi connectivity index (χ0v) is 17.3. The smallest absolute Gasteiger partial charge is 0.333 e. The van der Waals surface area contributed by atoms with Crippen molar-refractivity contribution in [3.63, 3.8) is 0 Å². The number of carbonyl (C=O) groups is 1. The minimum absolute atomic E-state index is 0.0552. The summed E-state index contributed by atoms with van der Waals surface area (Å²) >= 11 is 0. The molecule has 0 spiro atoms. The number of rotatable bonds is 4. The number of halogens is 1. The molecule has 8 heteroatoms. The average molecular weight is 402 g/mol. The fourth-order valence-corrected chi connectivity index (χ4v) is 3.71. The van der Waals surface area contributed by atoms with E-state index < -0.39 is 5.82 Å². The second-order valence-electron chi connectivity index (χ2n) is 7.81. The van der Waals surface area contributed by atoms with Crippen LogP contribution in [0.3, 0.4) is 0 Å². The van der Waals surface area contributed by atoms with Crippen molar-refractivity contribution in [2.75, 3.05) is 31.1 Å². The van der Waals surface area contributed by atoms with Gasteiger partial charge >= 0.3 is 5.69 Å². The quantitative estimate of drug-likeness (QED) is 0.787. The van der Waals surface area contributed by atoms with Crippen LogP contribution in [-0.2, 0) is 0 Å². The SMILES string of the molecule is CC(C)n1c(N2CCN(C(=O)c3ccccc3F)CC2)cc(=O)n(C(C)C)c1=O. The van der Waals surface area contributed by atoms with Gasteiger partial charge in [-0.15, -0.1) is 0 Å². The molecule has 1 saturated heterocycles. The molecule has 1 aromatic carbocycles. The van der Waals surface area contributed by atoms with Crippen molar-refractivity contribution >= 4 is 11.7 Å². The zero-order chi connectivity index (χ0) is 21.3. The van der Waals surface area contributed by atoms with Gasteiger partial charge in [0.25, 0.3) is 11.5 Å². The number of nitrogens with zero attached hydrogens (tertiary/aromatic N) is 4. The van der Waals surface area contributed by atoms with Crippen LogP contribution in [0.2, 0.25) is 0 Å². The van der Waals surface area contributed by atoms with Gasteiger partial charge in [0.15, 0.2) is 0 Å². The second kappa shape index (κ2) is 8.23. The molecule has 0 saturated carbocycles. The molecule has 29 heavy (non-hydrogen) atoms. The molecule has 1 fully saturated rings. The summed E-state index contributed by atoms with van der Waals surface area (Å²) in [4.78, 5) is 41.6. The van der Waals surface area contributed by atoms with Gasteiger partial charge < -0.3 is 9.80 Å². The number of piperazine rings is 1. The first kappa shape index (κ1) is 20.8. The molecule has 3 rings (SSSR count). The Morgan fingerprint density at radius 3 is 2.07 bits per heavy atom. The highest BCUT2D eigenvalue weighted by molar-refractivity contribution is 5.94. The van der Waals surface area contributed by atoms with Crippen LogP contribution in [0.5, 0.6) is 0 Å². The van der Waals surface area contributed by atoms with E-state index in [1.807, 2.05) is 18.7 Å². The summed E-state index contributed by atoms with van der Waals surface area (Å²) in [6, 6.07) is 7.08. The molecule has 1 amide bonds. The number of benzene rings is 1. The fourth-order valence-electron chi connectivity index (χ4n) is 3.71. The van der Waals surface area contributed by atoms with Crippen molar-refractivity contribution in [3.8, 4) is 0 Å². The van der Waals surface area contributed by atoms with Crippen molar-refractivity contribution < 1.29 is 9.18 Å². The minimum Gasteiger partial charge on any atom is -0.354 e. The molecule has 1 aliphatic heterocycles. The predicted octanol–water partition coefficient (Wildman–Crippen LogP) is 2.27. The van der Waals surface area contributed by atoms with Crippen LogP contribution in [0.4, 0.5) is 10.2 Å². The van der Waals surface area contributed by atoms with E-state index in [-0.39, 0.29) is 34.8 Å². The van der Waals surface area contributed by atoms with Crippen molar-refractivity contribution in [1.82, 2.24) is 14.0 Å². The van der Waals surface area contributed by atoms with Crippen molar-refractivity contribution in [1.29, 1.82) is 0 Å². The number of amides is 1. The fraction of sp³-hybridized carbons (Fsp3) is 0.476. The lowest BCUT2D eigenvalue weighted by molar-refractivity contribution is 0.0741. The van der Waals surface area contributed by atoms with Crippen LogP contribution in [0, 0.1) is 5.82 Å². The molecule has 0 unspecified atom stereocenters. The summed E-state index contributed by atoms with van der Waals surface area (Å²) in [5, 5.41) is 0. The Labute approximate surface area is 169 Å². The van der Waals surface area contributed by atoms with Crippen molar-refractivity contribution in [2.45, 2.75) is 39.8 Å². The standard InChI is InChI=1S/C21H27FN4O3/c1-14(2)25-18(13-19(27)26(15(3)4)21(25)29)23-9-11-24(12-10-23)20(28)16-7-5-6-8-17(16)22/h5-8,13-15H,9-12H2,1-4H3. The molecule has 1 aliphatic rings. The Hall–Kier alpha value is -2.90. The van der Waals surface area contributed by atoms with E-state index in [9.17, 15) is 18.8 Å². The van der Waals surface area contributed by atoms with Gasteiger partial charge in [-0.3, -0.25) is 18.7 Å². The van der Waals surface area contributed by atoms with Crippen LogP contribution < -0.4 is 16.1 Å². The maximum Gasteiger partial charge on any atom is 0.333 e. The normalized spacial score (nSPS) is 14.7. The summed E-state index contributed by atoms with van der Waals surface area (Å²) in [5.41, 5.74) is -0.608. The van der Waals surface area contributed by atoms with E-state index in [2.05, 4.69) is 0 Å².